The molecule has 0 saturated carbocycles. The van der Waals surface area contributed by atoms with Crippen LogP contribution in [0.4, 0.5) is 5.69 Å². The van der Waals surface area contributed by atoms with Gasteiger partial charge in [-0.25, -0.2) is 4.98 Å². The van der Waals surface area contributed by atoms with Gasteiger partial charge in [0.15, 0.2) is 0 Å². The van der Waals surface area contributed by atoms with Gasteiger partial charge < -0.3 is 10.2 Å². The molecule has 2 rings (SSSR count). The average Bonchev–Trinajstić information content (AvgIpc) is 2.68. The summed E-state index contributed by atoms with van der Waals surface area (Å²) in [5.74, 6) is 0. The van der Waals surface area contributed by atoms with E-state index >= 15 is 0 Å². The number of hydrogen-bond acceptors (Lipinski definition) is 4. The van der Waals surface area contributed by atoms with Gasteiger partial charge in [0, 0.05) is 17.1 Å². The normalized spacial score (nSPS) is 12.7. The van der Waals surface area contributed by atoms with Crippen molar-refractivity contribution < 1.29 is 0 Å². The van der Waals surface area contributed by atoms with Gasteiger partial charge in [0.2, 0.25) is 0 Å². The highest BCUT2D eigenvalue weighted by Gasteiger charge is 2.13. The molecule has 0 fully saturated rings. The summed E-state index contributed by atoms with van der Waals surface area (Å²) in [6.07, 6.45) is 0. The van der Waals surface area contributed by atoms with Gasteiger partial charge in [-0.15, -0.1) is 11.3 Å². The maximum Gasteiger partial charge on any atom is 0.0901 e. The molecule has 0 aliphatic heterocycles. The lowest BCUT2D eigenvalue weighted by atomic mass is 10.1. The van der Waals surface area contributed by atoms with Crippen LogP contribution >= 0.6 is 11.3 Å². The molecule has 1 aromatic heterocycles. The van der Waals surface area contributed by atoms with Crippen LogP contribution in [0.15, 0.2) is 24.3 Å². The topological polar surface area (TPSA) is 28.2 Å². The minimum Gasteiger partial charge on any atom is -0.377 e. The standard InChI is InChI=1S/C16H23N3S/c1-11(16-12(2)20-13(3)18-16)17-15-8-6-7-14(9-15)10-19(4)5/h6-9,11,17H,10H2,1-5H3. The molecule has 4 heteroatoms. The van der Waals surface area contributed by atoms with E-state index in [0.29, 0.717) is 0 Å². The fourth-order valence-corrected chi connectivity index (χ4v) is 3.30. The third kappa shape index (κ3) is 3.81. The van der Waals surface area contributed by atoms with E-state index in [9.17, 15) is 0 Å². The summed E-state index contributed by atoms with van der Waals surface area (Å²) in [6.45, 7) is 7.32. The summed E-state index contributed by atoms with van der Waals surface area (Å²) in [7, 11) is 4.17. The zero-order valence-corrected chi connectivity index (χ0v) is 13.7. The molecular formula is C16H23N3S. The monoisotopic (exact) mass is 289 g/mol. The summed E-state index contributed by atoms with van der Waals surface area (Å²) >= 11 is 1.76. The molecule has 108 valence electrons. The summed E-state index contributed by atoms with van der Waals surface area (Å²) in [6, 6.07) is 8.82. The maximum absolute atomic E-state index is 4.62. The van der Waals surface area contributed by atoms with Gasteiger partial charge in [-0.2, -0.15) is 0 Å². The quantitative estimate of drug-likeness (QED) is 0.902. The van der Waals surface area contributed by atoms with Crippen molar-refractivity contribution in [3.8, 4) is 0 Å². The SMILES string of the molecule is Cc1nc(C(C)Nc2cccc(CN(C)C)c2)c(C)s1. The highest BCUT2D eigenvalue weighted by Crippen LogP contribution is 2.25. The Kier molecular flexibility index (Phi) is 4.78. The van der Waals surface area contributed by atoms with Crippen molar-refractivity contribution in [2.45, 2.75) is 33.4 Å². The molecule has 0 aliphatic carbocycles. The molecule has 0 amide bonds. The molecule has 1 N–H and O–H groups in total. The number of rotatable bonds is 5. The first-order valence-corrected chi connectivity index (χ1v) is 7.71. The van der Waals surface area contributed by atoms with E-state index in [0.717, 1.165) is 22.9 Å². The number of aromatic nitrogens is 1. The minimum absolute atomic E-state index is 0.231. The maximum atomic E-state index is 4.62. The van der Waals surface area contributed by atoms with Gasteiger partial charge in [0.25, 0.3) is 0 Å². The Morgan fingerprint density at radius 1 is 1.30 bits per heavy atom. The van der Waals surface area contributed by atoms with Crippen molar-refractivity contribution in [1.29, 1.82) is 0 Å². The number of hydrogen-bond donors (Lipinski definition) is 1. The first kappa shape index (κ1) is 15.0. The summed E-state index contributed by atoms with van der Waals surface area (Å²) in [5.41, 5.74) is 3.63. The van der Waals surface area contributed by atoms with Crippen molar-refractivity contribution >= 4 is 17.0 Å². The smallest absolute Gasteiger partial charge is 0.0901 e. The third-order valence-electron chi connectivity index (χ3n) is 3.16. The van der Waals surface area contributed by atoms with E-state index in [1.807, 2.05) is 0 Å². The average molecular weight is 289 g/mol. The Labute approximate surface area is 125 Å². The molecule has 0 saturated heterocycles. The lowest BCUT2D eigenvalue weighted by Crippen LogP contribution is -2.12. The predicted octanol–water partition coefficient (Wildman–Crippen LogP) is 3.99. The minimum atomic E-state index is 0.231. The van der Waals surface area contributed by atoms with E-state index in [2.05, 4.69) is 74.3 Å². The molecule has 1 atom stereocenters. The molecule has 1 heterocycles. The molecule has 1 aromatic carbocycles. The molecule has 0 radical (unpaired) electrons. The first-order chi connectivity index (χ1) is 9.45. The van der Waals surface area contributed by atoms with E-state index in [1.54, 1.807) is 11.3 Å². The molecule has 0 spiro atoms. The Balaban J connectivity index is 2.11. The number of thiazole rings is 1. The van der Waals surface area contributed by atoms with Gasteiger partial charge in [-0.1, -0.05) is 12.1 Å². The van der Waals surface area contributed by atoms with Crippen LogP contribution in [0.2, 0.25) is 0 Å². The number of benzene rings is 1. The molecular weight excluding hydrogens is 266 g/mol. The Bertz CT molecular complexity index is 575. The van der Waals surface area contributed by atoms with Crippen molar-refractivity contribution in [3.63, 3.8) is 0 Å². The Hall–Kier alpha value is -1.39. The largest absolute Gasteiger partial charge is 0.377 e. The van der Waals surface area contributed by atoms with Gasteiger partial charge >= 0.3 is 0 Å². The predicted molar refractivity (Wildman–Crippen MR) is 87.5 cm³/mol. The number of anilines is 1. The van der Waals surface area contributed by atoms with Gasteiger partial charge in [0.1, 0.15) is 0 Å². The number of nitrogens with zero attached hydrogens (tertiary/aromatic N) is 2. The van der Waals surface area contributed by atoms with Crippen LogP contribution in [-0.4, -0.2) is 24.0 Å². The second-order valence-corrected chi connectivity index (χ2v) is 6.89. The number of nitrogens with one attached hydrogen (secondary N) is 1. The van der Waals surface area contributed by atoms with Crippen LogP contribution in [0, 0.1) is 13.8 Å². The van der Waals surface area contributed by atoms with Crippen LogP contribution in [0.25, 0.3) is 0 Å². The second kappa shape index (κ2) is 6.37. The van der Waals surface area contributed by atoms with Gasteiger partial charge in [-0.05, 0) is 52.6 Å². The van der Waals surface area contributed by atoms with E-state index in [4.69, 9.17) is 0 Å². The molecule has 0 bridgehead atoms. The first-order valence-electron chi connectivity index (χ1n) is 6.90. The zero-order chi connectivity index (χ0) is 14.7. The molecule has 2 aromatic rings. The third-order valence-corrected chi connectivity index (χ3v) is 4.06. The number of aryl methyl sites for hydroxylation is 2. The van der Waals surface area contributed by atoms with Gasteiger partial charge in [0.05, 0.1) is 16.7 Å². The van der Waals surface area contributed by atoms with Crippen molar-refractivity contribution in [2.24, 2.45) is 0 Å². The highest BCUT2D eigenvalue weighted by atomic mass is 32.1. The van der Waals surface area contributed by atoms with Crippen molar-refractivity contribution in [3.05, 3.63) is 45.4 Å². The summed E-state index contributed by atoms with van der Waals surface area (Å²) in [5, 5.41) is 4.68. The van der Waals surface area contributed by atoms with E-state index in [1.165, 1.54) is 10.4 Å². The molecule has 1 unspecified atom stereocenters. The van der Waals surface area contributed by atoms with Gasteiger partial charge in [-0.3, -0.25) is 0 Å². The highest BCUT2D eigenvalue weighted by molar-refractivity contribution is 7.11. The van der Waals surface area contributed by atoms with Crippen LogP contribution < -0.4 is 5.32 Å². The molecule has 0 aliphatic rings. The fourth-order valence-electron chi connectivity index (χ4n) is 2.39. The van der Waals surface area contributed by atoms with E-state index < -0.39 is 0 Å². The lowest BCUT2D eigenvalue weighted by Gasteiger charge is -2.16. The molecule has 3 nitrogen and oxygen atoms in total. The fraction of sp³-hybridized carbons (Fsp3) is 0.438. The summed E-state index contributed by atoms with van der Waals surface area (Å²) < 4.78 is 0. The lowest BCUT2D eigenvalue weighted by molar-refractivity contribution is 0.402. The summed E-state index contributed by atoms with van der Waals surface area (Å²) in [4.78, 5) is 8.10. The van der Waals surface area contributed by atoms with Crippen LogP contribution in [-0.2, 0) is 6.54 Å². The van der Waals surface area contributed by atoms with Crippen LogP contribution in [0.5, 0.6) is 0 Å². The Morgan fingerprint density at radius 3 is 2.65 bits per heavy atom. The van der Waals surface area contributed by atoms with E-state index in [-0.39, 0.29) is 6.04 Å². The van der Waals surface area contributed by atoms with Crippen molar-refractivity contribution in [1.82, 2.24) is 9.88 Å². The van der Waals surface area contributed by atoms with Crippen LogP contribution in [0.3, 0.4) is 0 Å². The van der Waals surface area contributed by atoms with Crippen molar-refractivity contribution in [2.75, 3.05) is 19.4 Å². The molecule has 20 heavy (non-hydrogen) atoms. The Morgan fingerprint density at radius 2 is 2.05 bits per heavy atom. The van der Waals surface area contributed by atoms with Crippen LogP contribution in [0.1, 0.15) is 34.1 Å². The second-order valence-electron chi connectivity index (χ2n) is 5.48. The zero-order valence-electron chi connectivity index (χ0n) is 12.9.